The second kappa shape index (κ2) is 6.51. The third-order valence-corrected chi connectivity index (χ3v) is 3.12. The van der Waals surface area contributed by atoms with E-state index >= 15 is 0 Å². The van der Waals surface area contributed by atoms with Crippen LogP contribution >= 0.6 is 0 Å². The van der Waals surface area contributed by atoms with Gasteiger partial charge >= 0.3 is 5.97 Å². The van der Waals surface area contributed by atoms with Crippen molar-refractivity contribution in [1.29, 1.82) is 0 Å². The van der Waals surface area contributed by atoms with Gasteiger partial charge in [-0.1, -0.05) is 5.16 Å². The summed E-state index contributed by atoms with van der Waals surface area (Å²) < 4.78 is 15.2. The maximum Gasteiger partial charge on any atom is 0.319 e. The van der Waals surface area contributed by atoms with Crippen LogP contribution in [0.4, 0.5) is 0 Å². The fourth-order valence-corrected chi connectivity index (χ4v) is 2.12. The molecule has 0 amide bonds. The molecule has 0 radical (unpaired) electrons. The van der Waals surface area contributed by atoms with Crippen LogP contribution in [0.25, 0.3) is 0 Å². The van der Waals surface area contributed by atoms with E-state index in [1.165, 1.54) is 7.11 Å². The van der Waals surface area contributed by atoms with Crippen LogP contribution in [0.15, 0.2) is 16.8 Å². The monoisotopic (exact) mass is 254 g/mol. The second-order valence-electron chi connectivity index (χ2n) is 4.30. The third kappa shape index (κ3) is 3.54. The van der Waals surface area contributed by atoms with Crippen LogP contribution in [0.3, 0.4) is 0 Å². The maximum atomic E-state index is 11.5. The van der Waals surface area contributed by atoms with Crippen LogP contribution in [0.5, 0.6) is 0 Å². The van der Waals surface area contributed by atoms with Gasteiger partial charge in [-0.2, -0.15) is 0 Å². The summed E-state index contributed by atoms with van der Waals surface area (Å²) in [6.45, 7) is 2.30. The summed E-state index contributed by atoms with van der Waals surface area (Å²) in [4.78, 5) is 13.5. The number of esters is 1. The smallest absolute Gasteiger partial charge is 0.319 e. The minimum Gasteiger partial charge on any atom is -0.468 e. The topological polar surface area (TPSA) is 64.8 Å². The van der Waals surface area contributed by atoms with E-state index in [1.54, 1.807) is 6.20 Å². The lowest BCUT2D eigenvalue weighted by Crippen LogP contribution is -2.42. The molecule has 18 heavy (non-hydrogen) atoms. The Kier molecular flexibility index (Phi) is 4.72. The lowest BCUT2D eigenvalue weighted by atomic mass is 10.1. The fourth-order valence-electron chi connectivity index (χ4n) is 2.12. The van der Waals surface area contributed by atoms with Crippen LogP contribution < -0.4 is 0 Å². The lowest BCUT2D eigenvalue weighted by Gasteiger charge is -2.32. The highest BCUT2D eigenvalue weighted by molar-refractivity contribution is 5.71. The Hall–Kier alpha value is -1.40. The molecular formula is C12H18N2O4. The quantitative estimate of drug-likeness (QED) is 0.725. The number of methoxy groups -OCH3 is 1. The third-order valence-electron chi connectivity index (χ3n) is 3.12. The molecule has 0 aliphatic carbocycles. The maximum absolute atomic E-state index is 11.5. The molecule has 0 unspecified atom stereocenters. The zero-order chi connectivity index (χ0) is 12.8. The minimum absolute atomic E-state index is 0.235. The van der Waals surface area contributed by atoms with E-state index in [4.69, 9.17) is 14.0 Å². The van der Waals surface area contributed by atoms with Gasteiger partial charge in [0.15, 0.2) is 5.76 Å². The van der Waals surface area contributed by atoms with Gasteiger partial charge in [-0.05, 0) is 12.8 Å². The number of ether oxygens (including phenoxy) is 2. The predicted octanol–water partition coefficient (Wildman–Crippen LogP) is 0.829. The molecule has 100 valence electrons. The zero-order valence-electron chi connectivity index (χ0n) is 10.5. The van der Waals surface area contributed by atoms with Crippen molar-refractivity contribution < 1.29 is 18.8 Å². The highest BCUT2D eigenvalue weighted by Gasteiger charge is 2.24. The molecule has 1 aromatic rings. The number of rotatable bonds is 5. The van der Waals surface area contributed by atoms with E-state index in [0.717, 1.165) is 31.8 Å². The summed E-state index contributed by atoms with van der Waals surface area (Å²) in [5, 5.41) is 3.68. The van der Waals surface area contributed by atoms with Gasteiger partial charge in [0.2, 0.25) is 0 Å². The Morgan fingerprint density at radius 3 is 2.94 bits per heavy atom. The molecule has 2 heterocycles. The molecule has 1 saturated heterocycles. The molecule has 0 spiro atoms. The molecule has 1 aliphatic heterocycles. The highest BCUT2D eigenvalue weighted by Crippen LogP contribution is 2.17. The molecule has 1 aromatic heterocycles. The van der Waals surface area contributed by atoms with Crippen molar-refractivity contribution in [1.82, 2.24) is 10.1 Å². The van der Waals surface area contributed by atoms with Crippen molar-refractivity contribution in [2.24, 2.45) is 0 Å². The number of nitrogens with zero attached hydrogens (tertiary/aromatic N) is 2. The van der Waals surface area contributed by atoms with Crippen LogP contribution in [0, 0.1) is 0 Å². The van der Waals surface area contributed by atoms with Gasteiger partial charge in [-0.25, -0.2) is 0 Å². The van der Waals surface area contributed by atoms with Crippen molar-refractivity contribution >= 4 is 5.97 Å². The Morgan fingerprint density at radius 1 is 1.56 bits per heavy atom. The van der Waals surface area contributed by atoms with Crippen LogP contribution in [0.2, 0.25) is 0 Å². The van der Waals surface area contributed by atoms with Crippen molar-refractivity contribution in [3.63, 3.8) is 0 Å². The number of hydrogen-bond donors (Lipinski definition) is 0. The predicted molar refractivity (Wildman–Crippen MR) is 62.8 cm³/mol. The van der Waals surface area contributed by atoms with Crippen molar-refractivity contribution in [3.05, 3.63) is 18.0 Å². The number of aromatic nitrogens is 1. The van der Waals surface area contributed by atoms with Gasteiger partial charge in [-0.3, -0.25) is 9.69 Å². The minimum atomic E-state index is -0.235. The van der Waals surface area contributed by atoms with E-state index in [1.807, 2.05) is 6.07 Å². The first-order valence-corrected chi connectivity index (χ1v) is 6.08. The molecular weight excluding hydrogens is 236 g/mol. The van der Waals surface area contributed by atoms with Crippen molar-refractivity contribution in [2.45, 2.75) is 25.4 Å². The molecule has 0 atom stereocenters. The number of hydrogen-bond acceptors (Lipinski definition) is 6. The average molecular weight is 254 g/mol. The SMILES string of the molecule is COC(=O)CN(Cc1ccno1)C1CCOCC1. The second-order valence-corrected chi connectivity index (χ2v) is 4.30. The molecule has 2 rings (SSSR count). The molecule has 1 aliphatic rings. The van der Waals surface area contributed by atoms with Gasteiger partial charge < -0.3 is 14.0 Å². The molecule has 0 bridgehead atoms. The van der Waals surface area contributed by atoms with Crippen LogP contribution in [-0.4, -0.2) is 48.9 Å². The summed E-state index contributed by atoms with van der Waals surface area (Å²) in [6.07, 6.45) is 3.45. The standard InChI is InChI=1S/C12H18N2O4/c1-16-12(15)9-14(8-11-2-5-13-18-11)10-3-6-17-7-4-10/h2,5,10H,3-4,6-9H2,1H3. The van der Waals surface area contributed by atoms with Crippen molar-refractivity contribution in [3.8, 4) is 0 Å². The Morgan fingerprint density at radius 2 is 2.33 bits per heavy atom. The van der Waals surface area contributed by atoms with Crippen LogP contribution in [0.1, 0.15) is 18.6 Å². The van der Waals surface area contributed by atoms with Gasteiger partial charge in [0.25, 0.3) is 0 Å². The number of carbonyl (C=O) groups excluding carboxylic acids is 1. The highest BCUT2D eigenvalue weighted by atomic mass is 16.5. The van der Waals surface area contributed by atoms with E-state index in [0.29, 0.717) is 12.6 Å². The summed E-state index contributed by atoms with van der Waals surface area (Å²) in [7, 11) is 1.40. The largest absolute Gasteiger partial charge is 0.468 e. The van der Waals surface area contributed by atoms with Crippen LogP contribution in [-0.2, 0) is 20.8 Å². The summed E-state index contributed by atoms with van der Waals surface area (Å²) >= 11 is 0. The zero-order valence-corrected chi connectivity index (χ0v) is 10.5. The average Bonchev–Trinajstić information content (AvgIpc) is 2.92. The summed E-state index contributed by atoms with van der Waals surface area (Å²) in [5.41, 5.74) is 0. The summed E-state index contributed by atoms with van der Waals surface area (Å²) in [5.74, 6) is 0.520. The Bertz CT molecular complexity index is 360. The lowest BCUT2D eigenvalue weighted by molar-refractivity contribution is -0.143. The first-order valence-electron chi connectivity index (χ1n) is 6.08. The van der Waals surface area contributed by atoms with E-state index < -0.39 is 0 Å². The Labute approximate surface area is 106 Å². The van der Waals surface area contributed by atoms with Gasteiger partial charge in [0.05, 0.1) is 26.4 Å². The summed E-state index contributed by atoms with van der Waals surface area (Å²) in [6, 6.07) is 2.13. The fraction of sp³-hybridized carbons (Fsp3) is 0.667. The molecule has 0 N–H and O–H groups in total. The van der Waals surface area contributed by atoms with E-state index in [9.17, 15) is 4.79 Å². The molecule has 6 nitrogen and oxygen atoms in total. The molecule has 1 fully saturated rings. The molecule has 6 heteroatoms. The van der Waals surface area contributed by atoms with Crippen molar-refractivity contribution in [2.75, 3.05) is 26.9 Å². The molecule has 0 aromatic carbocycles. The van der Waals surface area contributed by atoms with E-state index in [-0.39, 0.29) is 12.5 Å². The Balaban J connectivity index is 1.99. The molecule has 0 saturated carbocycles. The van der Waals surface area contributed by atoms with Gasteiger partial charge in [-0.15, -0.1) is 0 Å². The first-order chi connectivity index (χ1) is 8.79. The van der Waals surface area contributed by atoms with Gasteiger partial charge in [0.1, 0.15) is 0 Å². The number of carbonyl (C=O) groups is 1. The normalized spacial score (nSPS) is 17.0. The van der Waals surface area contributed by atoms with Gasteiger partial charge in [0, 0.05) is 25.3 Å². The first kappa shape index (κ1) is 13.0. The van der Waals surface area contributed by atoms with E-state index in [2.05, 4.69) is 10.1 Å².